The molecule has 18 heavy (non-hydrogen) atoms. The van der Waals surface area contributed by atoms with Crippen molar-refractivity contribution in [3.8, 4) is 0 Å². The number of aryl methyl sites for hydroxylation is 2. The van der Waals surface area contributed by atoms with Gasteiger partial charge in [-0.1, -0.05) is 35.4 Å². The Kier molecular flexibility index (Phi) is 4.04. The van der Waals surface area contributed by atoms with Crippen molar-refractivity contribution in [2.45, 2.75) is 20.4 Å². The molecule has 1 heterocycles. The highest BCUT2D eigenvalue weighted by Gasteiger charge is 2.08. The van der Waals surface area contributed by atoms with E-state index < -0.39 is 0 Å². The fourth-order valence-corrected chi connectivity index (χ4v) is 2.70. The van der Waals surface area contributed by atoms with Crippen molar-refractivity contribution in [2.24, 2.45) is 0 Å². The monoisotopic (exact) mass is 279 g/mol. The molecular weight excluding hydrogens is 266 g/mol. The molecule has 1 N–H and O–H groups in total. The van der Waals surface area contributed by atoms with E-state index in [1.807, 2.05) is 6.07 Å². The number of carbonyl (C=O) groups is 1. The van der Waals surface area contributed by atoms with Crippen LogP contribution >= 0.6 is 22.9 Å². The number of thiophene rings is 1. The maximum absolute atomic E-state index is 11.9. The van der Waals surface area contributed by atoms with Crippen LogP contribution in [0.25, 0.3) is 0 Å². The minimum absolute atomic E-state index is 0.0770. The summed E-state index contributed by atoms with van der Waals surface area (Å²) in [7, 11) is 0. The van der Waals surface area contributed by atoms with Crippen molar-refractivity contribution in [1.82, 2.24) is 5.32 Å². The van der Waals surface area contributed by atoms with Crippen molar-refractivity contribution in [2.75, 3.05) is 0 Å². The Bertz CT molecular complexity index is 577. The molecule has 2 aromatic rings. The molecule has 0 aliphatic heterocycles. The lowest BCUT2D eigenvalue weighted by molar-refractivity contribution is 0.0955. The molecule has 94 valence electrons. The lowest BCUT2D eigenvalue weighted by atomic mass is 10.1. The van der Waals surface area contributed by atoms with E-state index in [1.54, 1.807) is 12.1 Å². The molecule has 2 rings (SSSR count). The Labute approximate surface area is 116 Å². The highest BCUT2D eigenvalue weighted by molar-refractivity contribution is 7.17. The molecule has 0 radical (unpaired) electrons. The Morgan fingerprint density at radius 3 is 2.67 bits per heavy atom. The van der Waals surface area contributed by atoms with Crippen LogP contribution in [0.1, 0.15) is 26.4 Å². The summed E-state index contributed by atoms with van der Waals surface area (Å²) in [6, 6.07) is 9.69. The van der Waals surface area contributed by atoms with E-state index in [2.05, 4.69) is 31.3 Å². The second kappa shape index (κ2) is 5.55. The van der Waals surface area contributed by atoms with Crippen LogP contribution in [-0.2, 0) is 6.54 Å². The summed E-state index contributed by atoms with van der Waals surface area (Å²) >= 11 is 7.09. The lowest BCUT2D eigenvalue weighted by Gasteiger charge is -2.08. The Morgan fingerprint density at radius 1 is 1.28 bits per heavy atom. The van der Waals surface area contributed by atoms with Crippen molar-refractivity contribution in [1.29, 1.82) is 0 Å². The first kappa shape index (κ1) is 13.1. The number of benzene rings is 1. The molecule has 2 nitrogen and oxygen atoms in total. The van der Waals surface area contributed by atoms with Gasteiger partial charge < -0.3 is 5.32 Å². The first-order valence-electron chi connectivity index (χ1n) is 5.66. The van der Waals surface area contributed by atoms with E-state index in [9.17, 15) is 4.79 Å². The van der Waals surface area contributed by atoms with E-state index in [0.29, 0.717) is 15.8 Å². The van der Waals surface area contributed by atoms with Crippen molar-refractivity contribution in [3.63, 3.8) is 0 Å². The largest absolute Gasteiger partial charge is 0.347 e. The molecule has 0 saturated carbocycles. The van der Waals surface area contributed by atoms with Gasteiger partial charge in [-0.2, -0.15) is 0 Å². The standard InChI is InChI=1S/C14H14ClNOS/c1-9-3-4-11(10(2)7-9)8-16-14(17)12-5-6-13(15)18-12/h3-7H,8H2,1-2H3,(H,16,17). The average molecular weight is 280 g/mol. The molecule has 0 fully saturated rings. The van der Waals surface area contributed by atoms with Gasteiger partial charge in [0.1, 0.15) is 0 Å². The molecule has 0 aliphatic carbocycles. The molecule has 0 atom stereocenters. The van der Waals surface area contributed by atoms with Gasteiger partial charge in [-0.05, 0) is 37.1 Å². The minimum atomic E-state index is -0.0770. The first-order valence-corrected chi connectivity index (χ1v) is 6.85. The fourth-order valence-electron chi connectivity index (χ4n) is 1.74. The predicted octanol–water partition coefficient (Wildman–Crippen LogP) is 3.95. The van der Waals surface area contributed by atoms with E-state index in [4.69, 9.17) is 11.6 Å². The van der Waals surface area contributed by atoms with Gasteiger partial charge in [-0.3, -0.25) is 4.79 Å². The summed E-state index contributed by atoms with van der Waals surface area (Å²) in [6.07, 6.45) is 0. The average Bonchev–Trinajstić information content (AvgIpc) is 2.74. The smallest absolute Gasteiger partial charge is 0.261 e. The summed E-state index contributed by atoms with van der Waals surface area (Å²) in [6.45, 7) is 4.65. The normalized spacial score (nSPS) is 10.4. The van der Waals surface area contributed by atoms with Crippen LogP contribution in [0.4, 0.5) is 0 Å². The second-order valence-electron chi connectivity index (χ2n) is 4.22. The Balaban J connectivity index is 2.01. The SMILES string of the molecule is Cc1ccc(CNC(=O)c2ccc(Cl)s2)c(C)c1. The van der Waals surface area contributed by atoms with Crippen LogP contribution in [0.3, 0.4) is 0 Å². The topological polar surface area (TPSA) is 29.1 Å². The van der Waals surface area contributed by atoms with Crippen LogP contribution in [0.2, 0.25) is 4.34 Å². The van der Waals surface area contributed by atoms with Crippen LogP contribution in [0, 0.1) is 13.8 Å². The zero-order chi connectivity index (χ0) is 13.1. The van der Waals surface area contributed by atoms with Gasteiger partial charge in [0, 0.05) is 6.54 Å². The van der Waals surface area contributed by atoms with Gasteiger partial charge in [0.25, 0.3) is 5.91 Å². The molecule has 1 amide bonds. The number of hydrogen-bond donors (Lipinski definition) is 1. The summed E-state index contributed by atoms with van der Waals surface area (Å²) in [5, 5.41) is 2.90. The van der Waals surface area contributed by atoms with Crippen LogP contribution in [-0.4, -0.2) is 5.91 Å². The van der Waals surface area contributed by atoms with Gasteiger partial charge in [0.05, 0.1) is 9.21 Å². The van der Waals surface area contributed by atoms with Crippen molar-refractivity contribution < 1.29 is 4.79 Å². The third-order valence-electron chi connectivity index (χ3n) is 2.73. The molecular formula is C14H14ClNOS. The number of halogens is 1. The molecule has 1 aromatic carbocycles. The van der Waals surface area contributed by atoms with Crippen LogP contribution in [0.15, 0.2) is 30.3 Å². The number of rotatable bonds is 3. The van der Waals surface area contributed by atoms with Gasteiger partial charge >= 0.3 is 0 Å². The van der Waals surface area contributed by atoms with Crippen LogP contribution in [0.5, 0.6) is 0 Å². The first-order chi connectivity index (χ1) is 8.56. The Morgan fingerprint density at radius 2 is 2.06 bits per heavy atom. The molecule has 0 unspecified atom stereocenters. The highest BCUT2D eigenvalue weighted by atomic mass is 35.5. The molecule has 1 aromatic heterocycles. The predicted molar refractivity (Wildman–Crippen MR) is 76.4 cm³/mol. The lowest BCUT2D eigenvalue weighted by Crippen LogP contribution is -2.22. The third kappa shape index (κ3) is 3.12. The van der Waals surface area contributed by atoms with Crippen LogP contribution < -0.4 is 5.32 Å². The second-order valence-corrected chi connectivity index (χ2v) is 5.93. The summed E-state index contributed by atoms with van der Waals surface area (Å²) in [4.78, 5) is 12.5. The molecule has 0 bridgehead atoms. The number of amides is 1. The van der Waals surface area contributed by atoms with E-state index in [-0.39, 0.29) is 5.91 Å². The van der Waals surface area contributed by atoms with Gasteiger partial charge in [0.15, 0.2) is 0 Å². The van der Waals surface area contributed by atoms with Gasteiger partial charge in [-0.25, -0.2) is 0 Å². The van der Waals surface area contributed by atoms with Crippen molar-refractivity contribution in [3.05, 3.63) is 56.2 Å². The highest BCUT2D eigenvalue weighted by Crippen LogP contribution is 2.21. The summed E-state index contributed by atoms with van der Waals surface area (Å²) in [5.41, 5.74) is 3.56. The number of hydrogen-bond acceptors (Lipinski definition) is 2. The van der Waals surface area contributed by atoms with E-state index in [1.165, 1.54) is 22.5 Å². The molecule has 4 heteroatoms. The number of nitrogens with one attached hydrogen (secondary N) is 1. The minimum Gasteiger partial charge on any atom is -0.347 e. The quantitative estimate of drug-likeness (QED) is 0.906. The zero-order valence-electron chi connectivity index (χ0n) is 10.3. The van der Waals surface area contributed by atoms with Gasteiger partial charge in [0.2, 0.25) is 0 Å². The molecule has 0 spiro atoms. The van der Waals surface area contributed by atoms with E-state index in [0.717, 1.165) is 5.56 Å². The zero-order valence-corrected chi connectivity index (χ0v) is 11.9. The van der Waals surface area contributed by atoms with Crippen molar-refractivity contribution >= 4 is 28.8 Å². The van der Waals surface area contributed by atoms with E-state index >= 15 is 0 Å². The number of carbonyl (C=O) groups excluding carboxylic acids is 1. The molecule has 0 saturated heterocycles. The maximum atomic E-state index is 11.9. The Hall–Kier alpha value is -1.32. The third-order valence-corrected chi connectivity index (χ3v) is 3.96. The summed E-state index contributed by atoms with van der Waals surface area (Å²) in [5.74, 6) is -0.0770. The van der Waals surface area contributed by atoms with Gasteiger partial charge in [-0.15, -0.1) is 11.3 Å². The fraction of sp³-hybridized carbons (Fsp3) is 0.214. The maximum Gasteiger partial charge on any atom is 0.261 e. The summed E-state index contributed by atoms with van der Waals surface area (Å²) < 4.78 is 0.631. The molecule has 0 aliphatic rings.